The summed E-state index contributed by atoms with van der Waals surface area (Å²) < 4.78 is 10.9. The van der Waals surface area contributed by atoms with Crippen LogP contribution in [0.3, 0.4) is 0 Å². The van der Waals surface area contributed by atoms with Crippen molar-refractivity contribution in [1.82, 2.24) is 0 Å². The molecular formula is C28H30N2O5. The van der Waals surface area contributed by atoms with Crippen LogP contribution in [0.15, 0.2) is 66.7 Å². The molecule has 2 N–H and O–H groups in total. The van der Waals surface area contributed by atoms with Gasteiger partial charge in [-0.15, -0.1) is 0 Å². The Morgan fingerprint density at radius 3 is 2.20 bits per heavy atom. The molecule has 7 heteroatoms. The molecule has 0 spiro atoms. The van der Waals surface area contributed by atoms with Crippen LogP contribution in [-0.4, -0.2) is 24.4 Å². The summed E-state index contributed by atoms with van der Waals surface area (Å²) in [5.41, 5.74) is 3.17. The number of benzene rings is 3. The molecule has 0 aliphatic heterocycles. The van der Waals surface area contributed by atoms with Gasteiger partial charge in [-0.2, -0.15) is 0 Å². The molecule has 3 rings (SSSR count). The van der Waals surface area contributed by atoms with Crippen LogP contribution in [-0.2, 0) is 15.0 Å². The Kier molecular flexibility index (Phi) is 7.91. The number of carbonyl (C=O) groups excluding carboxylic acids is 3. The van der Waals surface area contributed by atoms with E-state index in [-0.39, 0.29) is 23.7 Å². The van der Waals surface area contributed by atoms with E-state index in [1.54, 1.807) is 42.5 Å². The molecule has 0 atom stereocenters. The monoisotopic (exact) mass is 474 g/mol. The third kappa shape index (κ3) is 7.17. The van der Waals surface area contributed by atoms with Crippen molar-refractivity contribution in [2.24, 2.45) is 0 Å². The first-order valence-electron chi connectivity index (χ1n) is 11.3. The van der Waals surface area contributed by atoms with Crippen LogP contribution in [0.4, 0.5) is 11.4 Å². The summed E-state index contributed by atoms with van der Waals surface area (Å²) in [6.07, 6.45) is 0. The van der Waals surface area contributed by atoms with E-state index < -0.39 is 11.9 Å². The number of nitrogens with one attached hydrogen (secondary N) is 2. The Bertz CT molecular complexity index is 1240. The van der Waals surface area contributed by atoms with Gasteiger partial charge < -0.3 is 20.1 Å². The van der Waals surface area contributed by atoms with Crippen molar-refractivity contribution in [3.63, 3.8) is 0 Å². The van der Waals surface area contributed by atoms with Gasteiger partial charge in [-0.1, -0.05) is 56.7 Å². The zero-order valence-corrected chi connectivity index (χ0v) is 20.6. The van der Waals surface area contributed by atoms with Crippen LogP contribution in [0.2, 0.25) is 0 Å². The van der Waals surface area contributed by atoms with Gasteiger partial charge in [-0.25, -0.2) is 0 Å². The van der Waals surface area contributed by atoms with Crippen molar-refractivity contribution in [2.75, 3.05) is 17.2 Å². The van der Waals surface area contributed by atoms with Gasteiger partial charge >= 0.3 is 5.97 Å². The van der Waals surface area contributed by atoms with Gasteiger partial charge in [0.15, 0.2) is 6.61 Å². The van der Waals surface area contributed by atoms with E-state index in [4.69, 9.17) is 9.47 Å². The van der Waals surface area contributed by atoms with Crippen LogP contribution >= 0.6 is 0 Å². The predicted octanol–water partition coefficient (Wildman–Crippen LogP) is 5.49. The fraction of sp³-hybridized carbons (Fsp3) is 0.250. The normalized spacial score (nSPS) is 10.9. The zero-order valence-electron chi connectivity index (χ0n) is 20.6. The van der Waals surface area contributed by atoms with Crippen LogP contribution in [0.1, 0.15) is 49.2 Å². The summed E-state index contributed by atoms with van der Waals surface area (Å²) in [5, 5.41) is 5.58. The lowest BCUT2D eigenvalue weighted by Gasteiger charge is -2.23. The topological polar surface area (TPSA) is 93.7 Å². The maximum Gasteiger partial charge on any atom is 0.308 e. The maximum absolute atomic E-state index is 12.8. The second-order valence-corrected chi connectivity index (χ2v) is 9.21. The van der Waals surface area contributed by atoms with Crippen molar-refractivity contribution < 1.29 is 23.9 Å². The van der Waals surface area contributed by atoms with E-state index in [0.717, 1.165) is 11.1 Å². The minimum Gasteiger partial charge on any atom is -0.483 e. The molecule has 2 amide bonds. The molecule has 3 aromatic rings. The Balaban J connectivity index is 1.69. The number of para-hydroxylation sites is 2. The highest BCUT2D eigenvalue weighted by Crippen LogP contribution is 2.32. The first-order chi connectivity index (χ1) is 16.5. The van der Waals surface area contributed by atoms with Crippen LogP contribution < -0.4 is 20.1 Å². The number of anilines is 2. The third-order valence-corrected chi connectivity index (χ3v) is 5.11. The van der Waals surface area contributed by atoms with E-state index in [9.17, 15) is 14.4 Å². The van der Waals surface area contributed by atoms with Gasteiger partial charge in [0, 0.05) is 12.5 Å². The van der Waals surface area contributed by atoms with Gasteiger partial charge in [-0.05, 0) is 54.3 Å². The molecule has 0 saturated carbocycles. The highest BCUT2D eigenvalue weighted by molar-refractivity contribution is 6.07. The molecule has 35 heavy (non-hydrogen) atoms. The molecule has 0 bridgehead atoms. The minimum absolute atomic E-state index is 0.137. The molecule has 7 nitrogen and oxygen atoms in total. The summed E-state index contributed by atoms with van der Waals surface area (Å²) in [7, 11) is 0. The molecule has 182 valence electrons. The van der Waals surface area contributed by atoms with E-state index in [2.05, 4.69) is 37.5 Å². The fourth-order valence-electron chi connectivity index (χ4n) is 3.45. The second-order valence-electron chi connectivity index (χ2n) is 9.21. The van der Waals surface area contributed by atoms with E-state index in [0.29, 0.717) is 22.7 Å². The van der Waals surface area contributed by atoms with E-state index in [1.165, 1.54) is 13.0 Å². The lowest BCUT2D eigenvalue weighted by molar-refractivity contribution is -0.131. The summed E-state index contributed by atoms with van der Waals surface area (Å²) >= 11 is 0. The second kappa shape index (κ2) is 10.9. The van der Waals surface area contributed by atoms with Crippen LogP contribution in [0.25, 0.3) is 0 Å². The highest BCUT2D eigenvalue weighted by Gasteiger charge is 2.20. The minimum atomic E-state index is -0.474. The quantitative estimate of drug-likeness (QED) is 0.349. The summed E-state index contributed by atoms with van der Waals surface area (Å²) in [6, 6.07) is 19.0. The number of esters is 1. The molecule has 0 heterocycles. The third-order valence-electron chi connectivity index (χ3n) is 5.11. The SMILES string of the molecule is CC(=O)Oc1cccc(C(=O)Nc2ccccc2NC(=O)COc2ccc(C)cc2C(C)(C)C)c1. The van der Waals surface area contributed by atoms with E-state index >= 15 is 0 Å². The van der Waals surface area contributed by atoms with Crippen LogP contribution in [0.5, 0.6) is 11.5 Å². The maximum atomic E-state index is 12.8. The Morgan fingerprint density at radius 1 is 0.857 bits per heavy atom. The average molecular weight is 475 g/mol. The molecule has 0 aliphatic rings. The highest BCUT2D eigenvalue weighted by atomic mass is 16.5. The fourth-order valence-corrected chi connectivity index (χ4v) is 3.45. The van der Waals surface area contributed by atoms with Crippen LogP contribution in [0, 0.1) is 6.92 Å². The van der Waals surface area contributed by atoms with Gasteiger partial charge in [0.05, 0.1) is 11.4 Å². The first-order valence-corrected chi connectivity index (χ1v) is 11.3. The summed E-state index contributed by atoms with van der Waals surface area (Å²) in [5.74, 6) is -0.310. The predicted molar refractivity (Wildman–Crippen MR) is 136 cm³/mol. The molecule has 0 aromatic heterocycles. The van der Waals surface area contributed by atoms with Gasteiger partial charge in [0.1, 0.15) is 11.5 Å². The summed E-state index contributed by atoms with van der Waals surface area (Å²) in [4.78, 5) is 36.6. The number of hydrogen-bond donors (Lipinski definition) is 2. The molecule has 0 saturated heterocycles. The molecular weight excluding hydrogens is 444 g/mol. The smallest absolute Gasteiger partial charge is 0.308 e. The van der Waals surface area contributed by atoms with Crippen molar-refractivity contribution in [3.05, 3.63) is 83.4 Å². The molecule has 0 radical (unpaired) electrons. The zero-order chi connectivity index (χ0) is 25.6. The average Bonchev–Trinajstić information content (AvgIpc) is 2.78. The lowest BCUT2D eigenvalue weighted by atomic mass is 9.85. The van der Waals surface area contributed by atoms with Crippen molar-refractivity contribution in [3.8, 4) is 11.5 Å². The Hall–Kier alpha value is -4.13. The van der Waals surface area contributed by atoms with E-state index in [1.807, 2.05) is 19.1 Å². The number of rotatable bonds is 7. The van der Waals surface area contributed by atoms with Crippen molar-refractivity contribution >= 4 is 29.2 Å². The number of carbonyl (C=O) groups is 3. The lowest BCUT2D eigenvalue weighted by Crippen LogP contribution is -2.23. The van der Waals surface area contributed by atoms with Gasteiger partial charge in [0.2, 0.25) is 0 Å². The summed E-state index contributed by atoms with van der Waals surface area (Å²) in [6.45, 7) is 9.40. The van der Waals surface area contributed by atoms with Gasteiger partial charge in [0.25, 0.3) is 11.8 Å². The number of hydrogen-bond acceptors (Lipinski definition) is 5. The number of aryl methyl sites for hydroxylation is 1. The first kappa shape index (κ1) is 25.5. The number of amides is 2. The Labute approximate surface area is 205 Å². The number of ether oxygens (including phenoxy) is 2. The van der Waals surface area contributed by atoms with Crippen molar-refractivity contribution in [2.45, 2.75) is 40.0 Å². The van der Waals surface area contributed by atoms with Crippen molar-refractivity contribution in [1.29, 1.82) is 0 Å². The standard InChI is InChI=1S/C28H30N2O5/c1-18-13-14-25(22(15-18)28(3,4)5)34-17-26(32)29-23-11-6-7-12-24(23)30-27(33)20-9-8-10-21(16-20)35-19(2)31/h6-16H,17H2,1-5H3,(H,29,32)(H,30,33). The molecule has 0 unspecified atom stereocenters. The molecule has 3 aromatic carbocycles. The Morgan fingerprint density at radius 2 is 1.54 bits per heavy atom. The molecule has 0 fully saturated rings. The van der Waals surface area contributed by atoms with Gasteiger partial charge in [-0.3, -0.25) is 14.4 Å². The largest absolute Gasteiger partial charge is 0.483 e. The molecule has 0 aliphatic carbocycles.